The van der Waals surface area contributed by atoms with Crippen LogP contribution in [0.15, 0.2) is 48.5 Å². The van der Waals surface area contributed by atoms with Crippen LogP contribution < -0.4 is 15.4 Å². The van der Waals surface area contributed by atoms with E-state index in [0.29, 0.717) is 18.7 Å². The molecule has 2 amide bonds. The predicted molar refractivity (Wildman–Crippen MR) is 110 cm³/mol. The lowest BCUT2D eigenvalue weighted by Gasteiger charge is -2.23. The molecule has 0 saturated heterocycles. The van der Waals surface area contributed by atoms with Gasteiger partial charge in [0.15, 0.2) is 0 Å². The van der Waals surface area contributed by atoms with E-state index >= 15 is 0 Å². The third-order valence-corrected chi connectivity index (χ3v) is 4.57. The lowest BCUT2D eigenvalue weighted by atomic mass is 9.90. The zero-order chi connectivity index (χ0) is 21.4. The maximum atomic E-state index is 12.7. The molecule has 0 bridgehead atoms. The van der Waals surface area contributed by atoms with Crippen LogP contribution in [0.1, 0.15) is 29.8 Å². The van der Waals surface area contributed by atoms with E-state index in [9.17, 15) is 14.4 Å². The zero-order valence-corrected chi connectivity index (χ0v) is 17.1. The van der Waals surface area contributed by atoms with Crippen molar-refractivity contribution in [1.29, 1.82) is 0 Å². The second kappa shape index (κ2) is 9.73. The van der Waals surface area contributed by atoms with E-state index < -0.39 is 23.2 Å². The third-order valence-electron chi connectivity index (χ3n) is 4.57. The molecule has 7 nitrogen and oxygen atoms in total. The quantitative estimate of drug-likeness (QED) is 0.527. The highest BCUT2D eigenvalue weighted by molar-refractivity contribution is 6.11. The standard InChI is InChI=1S/C22H26N2O5/c1-22(2,20(26)23-14-13-15-9-11-16(28-3)12-10-15)21(27)24-18-8-6-5-7-17(18)19(25)29-4/h5-12H,13-14H2,1-4H3,(H,23,26)(H,24,27). The number of amides is 2. The predicted octanol–water partition coefficient (Wildman–Crippen LogP) is 2.81. The fraction of sp³-hybridized carbons (Fsp3) is 0.318. The maximum Gasteiger partial charge on any atom is 0.339 e. The van der Waals surface area contributed by atoms with Crippen LogP contribution in [-0.2, 0) is 20.7 Å². The average molecular weight is 398 g/mol. The van der Waals surface area contributed by atoms with Gasteiger partial charge in [-0.15, -0.1) is 0 Å². The minimum Gasteiger partial charge on any atom is -0.497 e. The number of esters is 1. The van der Waals surface area contributed by atoms with Crippen LogP contribution in [0, 0.1) is 5.41 Å². The molecule has 2 aromatic rings. The van der Waals surface area contributed by atoms with Gasteiger partial charge < -0.3 is 20.1 Å². The summed E-state index contributed by atoms with van der Waals surface area (Å²) in [5.74, 6) is -0.722. The number of hydrogen-bond donors (Lipinski definition) is 2. The topological polar surface area (TPSA) is 93.7 Å². The van der Waals surface area contributed by atoms with E-state index in [1.54, 1.807) is 31.4 Å². The van der Waals surface area contributed by atoms with Crippen LogP contribution in [-0.4, -0.2) is 38.5 Å². The number of nitrogens with one attached hydrogen (secondary N) is 2. The monoisotopic (exact) mass is 398 g/mol. The van der Waals surface area contributed by atoms with Crippen LogP contribution >= 0.6 is 0 Å². The first kappa shape index (κ1) is 21.9. The SMILES string of the molecule is COC(=O)c1ccccc1NC(=O)C(C)(C)C(=O)NCCc1ccc(OC)cc1. The molecular weight excluding hydrogens is 372 g/mol. The lowest BCUT2D eigenvalue weighted by Crippen LogP contribution is -2.45. The Hall–Kier alpha value is -3.35. The second-order valence-electron chi connectivity index (χ2n) is 6.97. The van der Waals surface area contributed by atoms with Crippen LogP contribution in [0.4, 0.5) is 5.69 Å². The van der Waals surface area contributed by atoms with Gasteiger partial charge in [-0.3, -0.25) is 9.59 Å². The van der Waals surface area contributed by atoms with Crippen molar-refractivity contribution in [2.24, 2.45) is 5.41 Å². The van der Waals surface area contributed by atoms with Gasteiger partial charge in [0, 0.05) is 6.54 Å². The molecule has 0 spiro atoms. The number of rotatable bonds is 8. The molecular formula is C22H26N2O5. The van der Waals surface area contributed by atoms with Crippen molar-refractivity contribution < 1.29 is 23.9 Å². The summed E-state index contributed by atoms with van der Waals surface area (Å²) in [4.78, 5) is 37.1. The molecule has 0 heterocycles. The highest BCUT2D eigenvalue weighted by atomic mass is 16.5. The number of benzene rings is 2. The van der Waals surface area contributed by atoms with Gasteiger partial charge in [0.2, 0.25) is 11.8 Å². The fourth-order valence-electron chi connectivity index (χ4n) is 2.60. The Morgan fingerprint density at radius 2 is 1.59 bits per heavy atom. The van der Waals surface area contributed by atoms with Gasteiger partial charge >= 0.3 is 5.97 Å². The van der Waals surface area contributed by atoms with E-state index in [0.717, 1.165) is 11.3 Å². The molecule has 7 heteroatoms. The minimum atomic E-state index is -1.33. The normalized spacial score (nSPS) is 10.8. The lowest BCUT2D eigenvalue weighted by molar-refractivity contribution is -0.138. The Balaban J connectivity index is 1.97. The Morgan fingerprint density at radius 1 is 0.931 bits per heavy atom. The molecule has 29 heavy (non-hydrogen) atoms. The molecule has 0 radical (unpaired) electrons. The molecule has 0 aliphatic rings. The second-order valence-corrected chi connectivity index (χ2v) is 6.97. The molecule has 0 saturated carbocycles. The van der Waals surface area contributed by atoms with E-state index in [1.807, 2.05) is 24.3 Å². The highest BCUT2D eigenvalue weighted by Crippen LogP contribution is 2.22. The molecule has 2 aromatic carbocycles. The van der Waals surface area contributed by atoms with Gasteiger partial charge in [0.25, 0.3) is 0 Å². The molecule has 0 atom stereocenters. The van der Waals surface area contributed by atoms with Gasteiger partial charge in [0.1, 0.15) is 11.2 Å². The van der Waals surface area contributed by atoms with Crippen LogP contribution in [0.2, 0.25) is 0 Å². The average Bonchev–Trinajstić information content (AvgIpc) is 2.73. The first-order valence-corrected chi connectivity index (χ1v) is 9.19. The van der Waals surface area contributed by atoms with Crippen LogP contribution in [0.3, 0.4) is 0 Å². The Morgan fingerprint density at radius 3 is 2.21 bits per heavy atom. The molecule has 154 valence electrons. The Labute approximate surface area is 170 Å². The van der Waals surface area contributed by atoms with E-state index in [2.05, 4.69) is 10.6 Å². The summed E-state index contributed by atoms with van der Waals surface area (Å²) in [5, 5.41) is 5.45. The number of para-hydroxylation sites is 1. The summed E-state index contributed by atoms with van der Waals surface area (Å²) in [6, 6.07) is 14.0. The van der Waals surface area contributed by atoms with Crippen molar-refractivity contribution in [1.82, 2.24) is 5.32 Å². The zero-order valence-electron chi connectivity index (χ0n) is 17.1. The number of hydrogen-bond acceptors (Lipinski definition) is 5. The number of anilines is 1. The molecule has 2 N–H and O–H groups in total. The first-order chi connectivity index (χ1) is 13.8. The maximum absolute atomic E-state index is 12.7. The van der Waals surface area contributed by atoms with Crippen molar-refractivity contribution in [2.45, 2.75) is 20.3 Å². The highest BCUT2D eigenvalue weighted by Gasteiger charge is 2.36. The molecule has 0 aliphatic heterocycles. The van der Waals surface area contributed by atoms with Crippen molar-refractivity contribution in [3.63, 3.8) is 0 Å². The first-order valence-electron chi connectivity index (χ1n) is 9.19. The molecule has 0 unspecified atom stereocenters. The summed E-state index contributed by atoms with van der Waals surface area (Å²) in [7, 11) is 2.87. The summed E-state index contributed by atoms with van der Waals surface area (Å²) in [6.07, 6.45) is 0.624. The van der Waals surface area contributed by atoms with E-state index in [4.69, 9.17) is 9.47 Å². The Bertz CT molecular complexity index is 875. The van der Waals surface area contributed by atoms with Gasteiger partial charge in [-0.25, -0.2) is 4.79 Å². The van der Waals surface area contributed by atoms with E-state index in [1.165, 1.54) is 21.0 Å². The van der Waals surface area contributed by atoms with Gasteiger partial charge in [0.05, 0.1) is 25.5 Å². The van der Waals surface area contributed by atoms with Gasteiger partial charge in [-0.2, -0.15) is 0 Å². The molecule has 0 fully saturated rings. The molecule has 0 aliphatic carbocycles. The summed E-state index contributed by atoms with van der Waals surface area (Å²) < 4.78 is 9.84. The summed E-state index contributed by atoms with van der Waals surface area (Å²) >= 11 is 0. The molecule has 2 rings (SSSR count). The van der Waals surface area contributed by atoms with Crippen molar-refractivity contribution in [3.8, 4) is 5.75 Å². The smallest absolute Gasteiger partial charge is 0.339 e. The fourth-order valence-corrected chi connectivity index (χ4v) is 2.60. The van der Waals surface area contributed by atoms with Crippen molar-refractivity contribution >= 4 is 23.5 Å². The third kappa shape index (κ3) is 5.57. The number of methoxy groups -OCH3 is 2. The number of ether oxygens (including phenoxy) is 2. The van der Waals surface area contributed by atoms with Crippen molar-refractivity contribution in [2.75, 3.05) is 26.1 Å². The van der Waals surface area contributed by atoms with Crippen LogP contribution in [0.25, 0.3) is 0 Å². The van der Waals surface area contributed by atoms with Gasteiger partial charge in [-0.1, -0.05) is 24.3 Å². The van der Waals surface area contributed by atoms with Gasteiger partial charge in [-0.05, 0) is 50.1 Å². The minimum absolute atomic E-state index is 0.221. The van der Waals surface area contributed by atoms with Crippen LogP contribution in [0.5, 0.6) is 5.75 Å². The summed E-state index contributed by atoms with van der Waals surface area (Å²) in [6.45, 7) is 3.46. The summed E-state index contributed by atoms with van der Waals surface area (Å²) in [5.41, 5.74) is 0.228. The van der Waals surface area contributed by atoms with Crippen molar-refractivity contribution in [3.05, 3.63) is 59.7 Å². The Kier molecular flexibility index (Phi) is 7.36. The van der Waals surface area contributed by atoms with E-state index in [-0.39, 0.29) is 5.56 Å². The number of carbonyl (C=O) groups excluding carboxylic acids is 3. The largest absolute Gasteiger partial charge is 0.497 e. The number of carbonyl (C=O) groups is 3. The molecule has 0 aromatic heterocycles.